The summed E-state index contributed by atoms with van der Waals surface area (Å²) in [4.78, 5) is 23.7. The number of carbonyl (C=O) groups excluding carboxylic acids is 2. The molecule has 108 valence electrons. The number of amides is 2. The summed E-state index contributed by atoms with van der Waals surface area (Å²) in [6, 6.07) is 13.9. The van der Waals surface area contributed by atoms with Crippen LogP contribution in [0.1, 0.15) is 15.9 Å². The van der Waals surface area contributed by atoms with Crippen molar-refractivity contribution in [3.05, 3.63) is 64.7 Å². The molecule has 0 saturated carbocycles. The Balaban J connectivity index is 1.88. The van der Waals surface area contributed by atoms with E-state index in [0.29, 0.717) is 10.6 Å². The molecule has 2 aromatic carbocycles. The molecule has 0 bridgehead atoms. The van der Waals surface area contributed by atoms with E-state index >= 15 is 0 Å². The fourth-order valence-corrected chi connectivity index (χ4v) is 1.90. The molecule has 5 heteroatoms. The van der Waals surface area contributed by atoms with Crippen molar-refractivity contribution in [3.8, 4) is 0 Å². The number of benzene rings is 2. The molecule has 0 heterocycles. The van der Waals surface area contributed by atoms with E-state index < -0.39 is 0 Å². The summed E-state index contributed by atoms with van der Waals surface area (Å²) < 4.78 is 0. The van der Waals surface area contributed by atoms with E-state index in [2.05, 4.69) is 10.6 Å². The topological polar surface area (TPSA) is 58.2 Å². The van der Waals surface area contributed by atoms with Crippen LogP contribution < -0.4 is 10.6 Å². The molecular weight excluding hydrogens is 288 g/mol. The van der Waals surface area contributed by atoms with E-state index in [-0.39, 0.29) is 18.4 Å². The lowest BCUT2D eigenvalue weighted by Gasteiger charge is -2.09. The highest BCUT2D eigenvalue weighted by Gasteiger charge is 2.08. The minimum atomic E-state index is -0.313. The van der Waals surface area contributed by atoms with Gasteiger partial charge in [0.1, 0.15) is 0 Å². The second kappa shape index (κ2) is 6.90. The molecule has 0 aliphatic rings. The number of rotatable bonds is 4. The largest absolute Gasteiger partial charge is 0.343 e. The van der Waals surface area contributed by atoms with Crippen LogP contribution in [0.5, 0.6) is 0 Å². The molecule has 4 nitrogen and oxygen atoms in total. The average molecular weight is 303 g/mol. The van der Waals surface area contributed by atoms with Crippen LogP contribution in [0.2, 0.25) is 5.02 Å². The third kappa shape index (κ3) is 4.33. The quantitative estimate of drug-likeness (QED) is 0.912. The van der Waals surface area contributed by atoms with Crippen LogP contribution in [0, 0.1) is 6.92 Å². The Kier molecular flexibility index (Phi) is 4.95. The van der Waals surface area contributed by atoms with Gasteiger partial charge >= 0.3 is 0 Å². The van der Waals surface area contributed by atoms with Crippen LogP contribution >= 0.6 is 11.6 Å². The fraction of sp³-hybridized carbons (Fsp3) is 0.125. The normalized spacial score (nSPS) is 10.0. The summed E-state index contributed by atoms with van der Waals surface area (Å²) in [5.41, 5.74) is 2.17. The maximum absolute atomic E-state index is 11.8. The second-order valence-corrected chi connectivity index (χ2v) is 4.99. The number of nitrogens with one attached hydrogen (secondary N) is 2. The van der Waals surface area contributed by atoms with E-state index in [1.165, 1.54) is 0 Å². The summed E-state index contributed by atoms with van der Waals surface area (Å²) in [6.07, 6.45) is 0. The first kappa shape index (κ1) is 15.1. The lowest BCUT2D eigenvalue weighted by Crippen LogP contribution is -2.32. The number of aryl methyl sites for hydroxylation is 1. The van der Waals surface area contributed by atoms with Crippen molar-refractivity contribution in [1.82, 2.24) is 5.32 Å². The Morgan fingerprint density at radius 1 is 1.05 bits per heavy atom. The van der Waals surface area contributed by atoms with Crippen LogP contribution in [0.15, 0.2) is 48.5 Å². The molecular formula is C16H15ClN2O2. The molecule has 0 aliphatic carbocycles. The first-order valence-corrected chi connectivity index (χ1v) is 6.83. The molecule has 2 rings (SSSR count). The van der Waals surface area contributed by atoms with Crippen molar-refractivity contribution >= 4 is 29.1 Å². The van der Waals surface area contributed by atoms with Crippen LogP contribution in [-0.2, 0) is 4.79 Å². The molecule has 21 heavy (non-hydrogen) atoms. The first-order chi connectivity index (χ1) is 10.1. The predicted molar refractivity (Wildman–Crippen MR) is 83.6 cm³/mol. The minimum absolute atomic E-state index is 0.0875. The molecule has 2 amide bonds. The highest BCUT2D eigenvalue weighted by atomic mass is 35.5. The van der Waals surface area contributed by atoms with Crippen molar-refractivity contribution in [2.45, 2.75) is 6.92 Å². The van der Waals surface area contributed by atoms with Gasteiger partial charge in [0.2, 0.25) is 5.91 Å². The first-order valence-electron chi connectivity index (χ1n) is 6.45. The van der Waals surface area contributed by atoms with Gasteiger partial charge in [-0.15, -0.1) is 0 Å². The van der Waals surface area contributed by atoms with Crippen molar-refractivity contribution in [3.63, 3.8) is 0 Å². The third-order valence-corrected chi connectivity index (χ3v) is 3.19. The third-order valence-electron chi connectivity index (χ3n) is 2.94. The molecule has 0 aliphatic heterocycles. The Morgan fingerprint density at radius 2 is 1.71 bits per heavy atom. The molecule has 0 aromatic heterocycles. The number of anilines is 1. The number of hydrogen-bond acceptors (Lipinski definition) is 2. The highest BCUT2D eigenvalue weighted by molar-refractivity contribution is 6.30. The van der Waals surface area contributed by atoms with Crippen molar-refractivity contribution in [2.24, 2.45) is 0 Å². The summed E-state index contributed by atoms with van der Waals surface area (Å²) in [5.74, 6) is -0.585. The molecule has 0 unspecified atom stereocenters. The van der Waals surface area contributed by atoms with Gasteiger partial charge in [-0.25, -0.2) is 0 Å². The van der Waals surface area contributed by atoms with Crippen LogP contribution in [0.25, 0.3) is 0 Å². The van der Waals surface area contributed by atoms with Gasteiger partial charge < -0.3 is 10.6 Å². The molecule has 0 fully saturated rings. The van der Waals surface area contributed by atoms with E-state index in [4.69, 9.17) is 11.6 Å². The number of halogens is 1. The Labute approximate surface area is 128 Å². The standard InChI is InChI=1S/C16H15ClN2O2/c1-11-4-2-3-5-14(11)19-15(20)10-18-16(21)12-6-8-13(17)9-7-12/h2-9H,10H2,1H3,(H,18,21)(H,19,20). The lowest BCUT2D eigenvalue weighted by atomic mass is 10.2. The van der Waals surface area contributed by atoms with E-state index in [9.17, 15) is 9.59 Å². The van der Waals surface area contributed by atoms with Gasteiger partial charge in [-0.3, -0.25) is 9.59 Å². The van der Waals surface area contributed by atoms with Crippen molar-refractivity contribution < 1.29 is 9.59 Å². The van der Waals surface area contributed by atoms with Gasteiger partial charge in [0.25, 0.3) is 5.91 Å². The maximum atomic E-state index is 11.8. The summed E-state index contributed by atoms with van der Waals surface area (Å²) in [5, 5.41) is 5.87. The Bertz CT molecular complexity index is 654. The van der Waals surface area contributed by atoms with Crippen molar-refractivity contribution in [2.75, 3.05) is 11.9 Å². The maximum Gasteiger partial charge on any atom is 0.251 e. The van der Waals surface area contributed by atoms with E-state index in [1.807, 2.05) is 31.2 Å². The zero-order chi connectivity index (χ0) is 15.2. The molecule has 0 atom stereocenters. The number of hydrogen-bond donors (Lipinski definition) is 2. The zero-order valence-electron chi connectivity index (χ0n) is 11.5. The molecule has 2 N–H and O–H groups in total. The van der Waals surface area contributed by atoms with Crippen LogP contribution in [-0.4, -0.2) is 18.4 Å². The van der Waals surface area contributed by atoms with Gasteiger partial charge in [0, 0.05) is 16.3 Å². The summed E-state index contributed by atoms with van der Waals surface area (Å²) in [6.45, 7) is 1.82. The lowest BCUT2D eigenvalue weighted by molar-refractivity contribution is -0.115. The van der Waals surface area contributed by atoms with Crippen molar-refractivity contribution in [1.29, 1.82) is 0 Å². The molecule has 2 aromatic rings. The van der Waals surface area contributed by atoms with Crippen LogP contribution in [0.4, 0.5) is 5.69 Å². The molecule has 0 radical (unpaired) electrons. The monoisotopic (exact) mass is 302 g/mol. The summed E-state index contributed by atoms with van der Waals surface area (Å²) >= 11 is 5.75. The fourth-order valence-electron chi connectivity index (χ4n) is 1.77. The number of carbonyl (C=O) groups is 2. The Morgan fingerprint density at radius 3 is 2.38 bits per heavy atom. The van der Waals surface area contributed by atoms with Gasteiger partial charge in [-0.2, -0.15) is 0 Å². The molecule has 0 spiro atoms. The zero-order valence-corrected chi connectivity index (χ0v) is 12.3. The number of para-hydroxylation sites is 1. The van der Waals surface area contributed by atoms with Gasteiger partial charge in [-0.1, -0.05) is 29.8 Å². The highest BCUT2D eigenvalue weighted by Crippen LogP contribution is 2.12. The second-order valence-electron chi connectivity index (χ2n) is 4.55. The smallest absolute Gasteiger partial charge is 0.251 e. The van der Waals surface area contributed by atoms with Gasteiger partial charge in [0.05, 0.1) is 6.54 Å². The van der Waals surface area contributed by atoms with Gasteiger partial charge in [0.15, 0.2) is 0 Å². The minimum Gasteiger partial charge on any atom is -0.343 e. The van der Waals surface area contributed by atoms with Gasteiger partial charge in [-0.05, 0) is 42.8 Å². The predicted octanol–water partition coefficient (Wildman–Crippen LogP) is 3.02. The molecule has 0 saturated heterocycles. The Hall–Kier alpha value is -2.33. The SMILES string of the molecule is Cc1ccccc1NC(=O)CNC(=O)c1ccc(Cl)cc1. The van der Waals surface area contributed by atoms with E-state index in [0.717, 1.165) is 11.3 Å². The average Bonchev–Trinajstić information content (AvgIpc) is 2.48. The van der Waals surface area contributed by atoms with Crippen LogP contribution in [0.3, 0.4) is 0 Å². The summed E-state index contributed by atoms with van der Waals surface area (Å²) in [7, 11) is 0. The van der Waals surface area contributed by atoms with E-state index in [1.54, 1.807) is 24.3 Å².